The molecule has 0 bridgehead atoms. The number of fused-ring (bicyclic) bond motifs is 1. The second-order valence-corrected chi connectivity index (χ2v) is 7.05. The molecule has 1 aliphatic rings. The molecule has 5 nitrogen and oxygen atoms in total. The number of carbonyl (C=O) groups is 1. The third-order valence-electron chi connectivity index (χ3n) is 4.98. The Balaban J connectivity index is 1.88. The van der Waals surface area contributed by atoms with Crippen LogP contribution in [0.5, 0.6) is 0 Å². The minimum Gasteiger partial charge on any atom is -0.469 e. The highest BCUT2D eigenvalue weighted by atomic mass is 35.5. The first-order chi connectivity index (χ1) is 11.9. The van der Waals surface area contributed by atoms with Crippen molar-refractivity contribution in [2.75, 3.05) is 20.2 Å². The summed E-state index contributed by atoms with van der Waals surface area (Å²) < 4.78 is 10.2. The molecular weight excluding hydrogens is 342 g/mol. The summed E-state index contributed by atoms with van der Waals surface area (Å²) in [5, 5.41) is 1.61. The van der Waals surface area contributed by atoms with Crippen LogP contribution in [0.25, 0.3) is 11.0 Å². The predicted molar refractivity (Wildman–Crippen MR) is 97.0 cm³/mol. The van der Waals surface area contributed by atoms with Gasteiger partial charge in [-0.15, -0.1) is 0 Å². The van der Waals surface area contributed by atoms with Gasteiger partial charge in [0.05, 0.1) is 13.0 Å². The highest BCUT2D eigenvalue weighted by molar-refractivity contribution is 6.33. The normalized spacial score (nSPS) is 16.3. The van der Waals surface area contributed by atoms with E-state index in [4.69, 9.17) is 20.8 Å². The molecule has 2 aromatic rings. The van der Waals surface area contributed by atoms with Crippen LogP contribution >= 0.6 is 11.6 Å². The van der Waals surface area contributed by atoms with Crippen molar-refractivity contribution < 1.29 is 13.9 Å². The summed E-state index contributed by atoms with van der Waals surface area (Å²) in [4.78, 5) is 25.9. The molecule has 0 N–H and O–H groups in total. The molecule has 1 aromatic heterocycles. The quantitative estimate of drug-likeness (QED) is 0.617. The number of aryl methyl sites for hydroxylation is 2. The summed E-state index contributed by atoms with van der Waals surface area (Å²) in [6.45, 7) is 6.07. The number of nitrogens with zero attached hydrogens (tertiary/aromatic N) is 1. The van der Waals surface area contributed by atoms with Gasteiger partial charge in [0.1, 0.15) is 5.58 Å². The van der Waals surface area contributed by atoms with Crippen molar-refractivity contribution in [3.05, 3.63) is 44.3 Å². The molecule has 1 aromatic carbocycles. The van der Waals surface area contributed by atoms with Gasteiger partial charge >= 0.3 is 11.6 Å². The Hall–Kier alpha value is -1.85. The van der Waals surface area contributed by atoms with Gasteiger partial charge in [0.2, 0.25) is 0 Å². The van der Waals surface area contributed by atoms with Crippen LogP contribution in [-0.4, -0.2) is 31.1 Å². The number of likely N-dealkylation sites (tertiary alicyclic amines) is 1. The lowest BCUT2D eigenvalue weighted by Gasteiger charge is -2.30. The molecule has 6 heteroatoms. The Morgan fingerprint density at radius 1 is 1.32 bits per heavy atom. The molecule has 0 saturated carbocycles. The first-order valence-corrected chi connectivity index (χ1v) is 8.81. The fourth-order valence-corrected chi connectivity index (χ4v) is 3.76. The zero-order valence-corrected chi connectivity index (χ0v) is 15.5. The minimum atomic E-state index is -0.354. The molecule has 0 atom stereocenters. The fraction of sp³-hybridized carbons (Fsp3) is 0.474. The van der Waals surface area contributed by atoms with E-state index in [2.05, 4.69) is 4.90 Å². The summed E-state index contributed by atoms with van der Waals surface area (Å²) in [5.41, 5.74) is 2.97. The lowest BCUT2D eigenvalue weighted by molar-refractivity contribution is -0.147. The number of ether oxygens (including phenoxy) is 1. The van der Waals surface area contributed by atoms with Gasteiger partial charge in [0.25, 0.3) is 0 Å². The summed E-state index contributed by atoms with van der Waals surface area (Å²) >= 11 is 6.40. The first-order valence-electron chi connectivity index (χ1n) is 8.43. The standard InChI is InChI=1S/C19H22ClNO4/c1-11-8-15-17(12(2)18(11)20)14(9-16(22)25-15)10-21-6-4-13(5-7-21)19(23)24-3/h8-9,13H,4-7,10H2,1-3H3. The molecule has 0 amide bonds. The molecule has 2 heterocycles. The van der Waals surface area contributed by atoms with E-state index >= 15 is 0 Å². The summed E-state index contributed by atoms with van der Waals surface area (Å²) in [5.74, 6) is -0.166. The van der Waals surface area contributed by atoms with Gasteiger partial charge in [-0.05, 0) is 62.5 Å². The molecular formula is C19H22ClNO4. The highest BCUT2D eigenvalue weighted by Gasteiger charge is 2.26. The Morgan fingerprint density at radius 2 is 2.00 bits per heavy atom. The summed E-state index contributed by atoms with van der Waals surface area (Å²) in [6, 6.07) is 3.37. The van der Waals surface area contributed by atoms with Gasteiger partial charge in [0, 0.05) is 23.0 Å². The SMILES string of the molecule is COC(=O)C1CCN(Cc2cc(=O)oc3cc(C)c(Cl)c(C)c23)CC1. The van der Waals surface area contributed by atoms with Crippen molar-refractivity contribution in [3.8, 4) is 0 Å². The third kappa shape index (κ3) is 3.58. The molecule has 3 rings (SSSR count). The Bertz CT molecular complexity index is 866. The number of benzene rings is 1. The minimum absolute atomic E-state index is 0.0299. The van der Waals surface area contributed by atoms with Gasteiger partial charge in [-0.25, -0.2) is 4.79 Å². The van der Waals surface area contributed by atoms with Crippen LogP contribution in [0.1, 0.15) is 29.5 Å². The van der Waals surface area contributed by atoms with Crippen LogP contribution < -0.4 is 5.63 Å². The Morgan fingerprint density at radius 3 is 2.64 bits per heavy atom. The molecule has 134 valence electrons. The number of methoxy groups -OCH3 is 1. The van der Waals surface area contributed by atoms with Gasteiger partial charge < -0.3 is 9.15 Å². The van der Waals surface area contributed by atoms with Crippen LogP contribution in [0.2, 0.25) is 5.02 Å². The zero-order valence-electron chi connectivity index (χ0n) is 14.7. The molecule has 1 saturated heterocycles. The largest absolute Gasteiger partial charge is 0.469 e. The van der Waals surface area contributed by atoms with Crippen LogP contribution in [0.3, 0.4) is 0 Å². The average molecular weight is 364 g/mol. The third-order valence-corrected chi connectivity index (χ3v) is 5.57. The van der Waals surface area contributed by atoms with E-state index in [0.717, 1.165) is 48.0 Å². The average Bonchev–Trinajstić information content (AvgIpc) is 2.59. The highest BCUT2D eigenvalue weighted by Crippen LogP contribution is 2.31. The van der Waals surface area contributed by atoms with E-state index in [1.165, 1.54) is 7.11 Å². The second-order valence-electron chi connectivity index (χ2n) is 6.67. The van der Waals surface area contributed by atoms with Crippen LogP contribution in [-0.2, 0) is 16.1 Å². The van der Waals surface area contributed by atoms with Gasteiger partial charge in [-0.1, -0.05) is 11.6 Å². The smallest absolute Gasteiger partial charge is 0.336 e. The topological polar surface area (TPSA) is 59.8 Å². The Kier molecular flexibility index (Phi) is 5.16. The maximum absolute atomic E-state index is 12.0. The van der Waals surface area contributed by atoms with Crippen LogP contribution in [0.4, 0.5) is 0 Å². The molecule has 0 radical (unpaired) electrons. The van der Waals surface area contributed by atoms with Gasteiger partial charge in [-0.3, -0.25) is 9.69 Å². The van der Waals surface area contributed by atoms with E-state index in [1.54, 1.807) is 6.07 Å². The van der Waals surface area contributed by atoms with Gasteiger partial charge in [-0.2, -0.15) is 0 Å². The number of esters is 1. The number of piperidine rings is 1. The van der Waals surface area contributed by atoms with E-state index in [1.807, 2.05) is 19.9 Å². The monoisotopic (exact) mass is 363 g/mol. The van der Waals surface area contributed by atoms with E-state index in [0.29, 0.717) is 17.2 Å². The van der Waals surface area contributed by atoms with Crippen molar-refractivity contribution in [3.63, 3.8) is 0 Å². The second kappa shape index (κ2) is 7.18. The van der Waals surface area contributed by atoms with Crippen molar-refractivity contribution in [1.82, 2.24) is 4.90 Å². The fourth-order valence-electron chi connectivity index (χ4n) is 3.61. The van der Waals surface area contributed by atoms with Crippen molar-refractivity contribution >= 4 is 28.5 Å². The number of rotatable bonds is 3. The van der Waals surface area contributed by atoms with Crippen LogP contribution in [0, 0.1) is 19.8 Å². The Labute approximate surface area is 151 Å². The van der Waals surface area contributed by atoms with E-state index in [9.17, 15) is 9.59 Å². The molecule has 1 aliphatic heterocycles. The van der Waals surface area contributed by atoms with E-state index < -0.39 is 0 Å². The molecule has 0 unspecified atom stereocenters. The van der Waals surface area contributed by atoms with Crippen molar-refractivity contribution in [1.29, 1.82) is 0 Å². The lowest BCUT2D eigenvalue weighted by Crippen LogP contribution is -2.36. The first kappa shape index (κ1) is 18.0. The molecule has 0 aliphatic carbocycles. The molecule has 1 fully saturated rings. The molecule has 25 heavy (non-hydrogen) atoms. The van der Waals surface area contributed by atoms with Crippen LogP contribution in [0.15, 0.2) is 21.3 Å². The number of carbonyl (C=O) groups excluding carboxylic acids is 1. The summed E-state index contributed by atoms with van der Waals surface area (Å²) in [6.07, 6.45) is 1.54. The predicted octanol–water partition coefficient (Wildman–Crippen LogP) is 3.45. The van der Waals surface area contributed by atoms with Crippen molar-refractivity contribution in [2.24, 2.45) is 5.92 Å². The van der Waals surface area contributed by atoms with Gasteiger partial charge in [0.15, 0.2) is 0 Å². The molecule has 0 spiro atoms. The summed E-state index contributed by atoms with van der Waals surface area (Å²) in [7, 11) is 1.43. The lowest BCUT2D eigenvalue weighted by atomic mass is 9.96. The maximum atomic E-state index is 12.0. The number of halogens is 1. The number of hydrogen-bond donors (Lipinski definition) is 0. The number of hydrogen-bond acceptors (Lipinski definition) is 5. The van der Waals surface area contributed by atoms with E-state index in [-0.39, 0.29) is 17.5 Å². The maximum Gasteiger partial charge on any atom is 0.336 e. The zero-order chi connectivity index (χ0) is 18.1. The van der Waals surface area contributed by atoms with Crippen molar-refractivity contribution in [2.45, 2.75) is 33.2 Å².